The fraction of sp³-hybridized carbons (Fsp3) is 0.583. The van der Waals surface area contributed by atoms with Gasteiger partial charge >= 0.3 is 0 Å². The predicted octanol–water partition coefficient (Wildman–Crippen LogP) is 0.464. The minimum absolute atomic E-state index is 0.122. The summed E-state index contributed by atoms with van der Waals surface area (Å²) in [5.41, 5.74) is 0.911. The molecule has 3 rings (SSSR count). The van der Waals surface area contributed by atoms with E-state index in [1.54, 1.807) is 22.2 Å². The Balaban J connectivity index is 2.03. The Kier molecular flexibility index (Phi) is 3.54. The van der Waals surface area contributed by atoms with E-state index in [4.69, 9.17) is 0 Å². The summed E-state index contributed by atoms with van der Waals surface area (Å²) < 4.78 is 30.3. The zero-order chi connectivity index (χ0) is 15.0. The van der Waals surface area contributed by atoms with E-state index in [-0.39, 0.29) is 11.1 Å². The third-order valence-electron chi connectivity index (χ3n) is 3.90. The Morgan fingerprint density at radius 2 is 2.05 bits per heavy atom. The standard InChI is InChI=1S/C12H18N6O2S/c1-16-10(6-7-14-16)11-5-3-4-8-18(11)21(19,20)12-9-13-15-17(12)2/h6-7,9,11H,3-5,8H2,1-2H3. The number of hydrogen-bond donors (Lipinski definition) is 0. The van der Waals surface area contributed by atoms with E-state index in [2.05, 4.69) is 15.4 Å². The van der Waals surface area contributed by atoms with Gasteiger partial charge in [0.1, 0.15) is 0 Å². The molecule has 21 heavy (non-hydrogen) atoms. The van der Waals surface area contributed by atoms with E-state index in [0.717, 1.165) is 25.0 Å². The second-order valence-corrected chi connectivity index (χ2v) is 7.04. The summed E-state index contributed by atoms with van der Waals surface area (Å²) in [7, 11) is -0.191. The molecule has 0 aliphatic carbocycles. The average molecular weight is 310 g/mol. The van der Waals surface area contributed by atoms with Gasteiger partial charge in [0.2, 0.25) is 0 Å². The van der Waals surface area contributed by atoms with E-state index >= 15 is 0 Å². The smallest absolute Gasteiger partial charge is 0.262 e. The van der Waals surface area contributed by atoms with Crippen LogP contribution < -0.4 is 0 Å². The van der Waals surface area contributed by atoms with Crippen molar-refractivity contribution in [3.8, 4) is 0 Å². The molecule has 9 heteroatoms. The fourth-order valence-corrected chi connectivity index (χ4v) is 4.54. The number of hydrogen-bond acceptors (Lipinski definition) is 5. The van der Waals surface area contributed by atoms with Gasteiger partial charge in [0, 0.05) is 26.8 Å². The van der Waals surface area contributed by atoms with Crippen LogP contribution in [0, 0.1) is 0 Å². The van der Waals surface area contributed by atoms with Crippen LogP contribution in [0.4, 0.5) is 0 Å². The van der Waals surface area contributed by atoms with Crippen molar-refractivity contribution in [3.63, 3.8) is 0 Å². The molecule has 3 heterocycles. The Morgan fingerprint density at radius 1 is 1.24 bits per heavy atom. The minimum Gasteiger partial charge on any atom is -0.271 e. The van der Waals surface area contributed by atoms with Gasteiger partial charge in [0.15, 0.2) is 5.03 Å². The molecule has 0 aromatic carbocycles. The molecular weight excluding hydrogens is 292 g/mol. The molecule has 0 spiro atoms. The quantitative estimate of drug-likeness (QED) is 0.822. The number of sulfonamides is 1. The lowest BCUT2D eigenvalue weighted by Crippen LogP contribution is -2.40. The Morgan fingerprint density at radius 3 is 2.67 bits per heavy atom. The zero-order valence-electron chi connectivity index (χ0n) is 12.0. The second kappa shape index (κ2) is 5.23. The van der Waals surface area contributed by atoms with Crippen LogP contribution in [0.25, 0.3) is 0 Å². The molecule has 0 amide bonds. The van der Waals surface area contributed by atoms with E-state index in [1.165, 1.54) is 10.9 Å². The van der Waals surface area contributed by atoms with E-state index in [1.807, 2.05) is 13.1 Å². The van der Waals surface area contributed by atoms with Crippen molar-refractivity contribution in [2.75, 3.05) is 6.54 Å². The largest absolute Gasteiger partial charge is 0.271 e. The van der Waals surface area contributed by atoms with Gasteiger partial charge in [0.25, 0.3) is 10.0 Å². The van der Waals surface area contributed by atoms with Crippen molar-refractivity contribution in [1.29, 1.82) is 0 Å². The first-order chi connectivity index (χ1) is 10.0. The highest BCUT2D eigenvalue weighted by molar-refractivity contribution is 7.89. The maximum Gasteiger partial charge on any atom is 0.262 e. The first kappa shape index (κ1) is 14.2. The first-order valence-electron chi connectivity index (χ1n) is 6.86. The van der Waals surface area contributed by atoms with E-state index in [0.29, 0.717) is 6.54 Å². The van der Waals surface area contributed by atoms with Gasteiger partial charge in [-0.3, -0.25) is 4.68 Å². The molecule has 2 aromatic rings. The highest BCUT2D eigenvalue weighted by atomic mass is 32.2. The third kappa shape index (κ3) is 2.36. The summed E-state index contributed by atoms with van der Waals surface area (Å²) in [6, 6.07) is 1.69. The molecule has 0 N–H and O–H groups in total. The SMILES string of the molecule is Cn1nccc1C1CCCCN1S(=O)(=O)c1cnnn1C. The highest BCUT2D eigenvalue weighted by Crippen LogP contribution is 2.34. The molecule has 1 aliphatic rings. The van der Waals surface area contributed by atoms with Crippen molar-refractivity contribution < 1.29 is 8.42 Å². The zero-order valence-corrected chi connectivity index (χ0v) is 12.9. The number of nitrogens with zero attached hydrogens (tertiary/aromatic N) is 6. The van der Waals surface area contributed by atoms with Gasteiger partial charge in [-0.15, -0.1) is 5.10 Å². The molecule has 1 fully saturated rings. The van der Waals surface area contributed by atoms with Crippen LogP contribution in [-0.2, 0) is 24.1 Å². The molecule has 114 valence electrons. The summed E-state index contributed by atoms with van der Waals surface area (Å²) in [5, 5.41) is 11.7. The fourth-order valence-electron chi connectivity index (χ4n) is 2.83. The Hall–Kier alpha value is -1.74. The van der Waals surface area contributed by atoms with Crippen LogP contribution in [0.3, 0.4) is 0 Å². The summed E-state index contributed by atoms with van der Waals surface area (Å²) >= 11 is 0. The van der Waals surface area contributed by atoms with Crippen molar-refractivity contribution in [2.24, 2.45) is 14.1 Å². The molecule has 0 saturated carbocycles. The van der Waals surface area contributed by atoms with E-state index < -0.39 is 10.0 Å². The second-order valence-electron chi connectivity index (χ2n) is 5.20. The number of piperidine rings is 1. The first-order valence-corrected chi connectivity index (χ1v) is 8.30. The van der Waals surface area contributed by atoms with Crippen molar-refractivity contribution in [1.82, 2.24) is 29.1 Å². The van der Waals surface area contributed by atoms with Crippen LogP contribution >= 0.6 is 0 Å². The lowest BCUT2D eigenvalue weighted by atomic mass is 10.0. The minimum atomic E-state index is -3.61. The predicted molar refractivity (Wildman–Crippen MR) is 74.7 cm³/mol. The monoisotopic (exact) mass is 310 g/mol. The molecule has 1 atom stereocenters. The topological polar surface area (TPSA) is 85.9 Å². The van der Waals surface area contributed by atoms with E-state index in [9.17, 15) is 8.42 Å². The summed E-state index contributed by atoms with van der Waals surface area (Å²) in [5.74, 6) is 0. The van der Waals surface area contributed by atoms with Gasteiger partial charge in [-0.05, 0) is 18.9 Å². The Labute approximate surface area is 123 Å². The maximum atomic E-state index is 12.9. The van der Waals surface area contributed by atoms with Crippen LogP contribution in [0.15, 0.2) is 23.5 Å². The van der Waals surface area contributed by atoms with Crippen LogP contribution in [0.2, 0.25) is 0 Å². The van der Waals surface area contributed by atoms with Crippen molar-refractivity contribution in [3.05, 3.63) is 24.2 Å². The number of aromatic nitrogens is 5. The van der Waals surface area contributed by atoms with Gasteiger partial charge in [-0.2, -0.15) is 9.40 Å². The normalized spacial score (nSPS) is 20.8. The molecule has 1 aliphatic heterocycles. The third-order valence-corrected chi connectivity index (χ3v) is 5.85. The molecule has 0 bridgehead atoms. The van der Waals surface area contributed by atoms with Gasteiger partial charge in [-0.25, -0.2) is 13.1 Å². The maximum absolute atomic E-state index is 12.9. The van der Waals surface area contributed by atoms with Crippen LogP contribution in [0.1, 0.15) is 31.0 Å². The van der Waals surface area contributed by atoms with Crippen molar-refractivity contribution >= 4 is 10.0 Å². The lowest BCUT2D eigenvalue weighted by molar-refractivity contribution is 0.244. The molecule has 8 nitrogen and oxygen atoms in total. The lowest BCUT2D eigenvalue weighted by Gasteiger charge is -2.34. The van der Waals surface area contributed by atoms with Gasteiger partial charge in [0.05, 0.1) is 17.9 Å². The van der Waals surface area contributed by atoms with Crippen molar-refractivity contribution in [2.45, 2.75) is 30.3 Å². The summed E-state index contributed by atoms with van der Waals surface area (Å²) in [4.78, 5) is 0. The Bertz CT molecular complexity index is 735. The molecule has 1 unspecified atom stereocenters. The van der Waals surface area contributed by atoms with Gasteiger partial charge < -0.3 is 0 Å². The number of rotatable bonds is 3. The van der Waals surface area contributed by atoms with Crippen LogP contribution in [-0.4, -0.2) is 44.0 Å². The molecule has 1 saturated heterocycles. The molecule has 2 aromatic heterocycles. The van der Waals surface area contributed by atoms with Gasteiger partial charge in [-0.1, -0.05) is 11.6 Å². The highest BCUT2D eigenvalue weighted by Gasteiger charge is 2.37. The molecule has 0 radical (unpaired) electrons. The van der Waals surface area contributed by atoms with Crippen LogP contribution in [0.5, 0.6) is 0 Å². The number of aryl methyl sites for hydroxylation is 2. The average Bonchev–Trinajstić information content (AvgIpc) is 3.07. The summed E-state index contributed by atoms with van der Waals surface area (Å²) in [6.45, 7) is 0.503. The summed E-state index contributed by atoms with van der Waals surface area (Å²) in [6.07, 6.45) is 5.65. The molecular formula is C12H18N6O2S.